The molecule has 0 radical (unpaired) electrons. The molecule has 0 atom stereocenters. The summed E-state index contributed by atoms with van der Waals surface area (Å²) in [6, 6.07) is 13.3. The summed E-state index contributed by atoms with van der Waals surface area (Å²) in [6.07, 6.45) is 0. The molecule has 1 aliphatic heterocycles. The fourth-order valence-corrected chi connectivity index (χ4v) is 4.69. The minimum atomic E-state index is 0.256. The van der Waals surface area contributed by atoms with Crippen molar-refractivity contribution in [1.29, 1.82) is 0 Å². The van der Waals surface area contributed by atoms with Crippen molar-refractivity contribution in [3.05, 3.63) is 58.7 Å². The Kier molecular flexibility index (Phi) is 5.39. The summed E-state index contributed by atoms with van der Waals surface area (Å²) >= 11 is 0. The number of hydrogen-bond acceptors (Lipinski definition) is 3. The van der Waals surface area contributed by atoms with E-state index in [-0.39, 0.29) is 14.0 Å². The van der Waals surface area contributed by atoms with Crippen LogP contribution in [0.1, 0.15) is 22.3 Å². The van der Waals surface area contributed by atoms with Crippen LogP contribution in [-0.2, 0) is 0 Å². The maximum absolute atomic E-state index is 2.53. The second-order valence-electron chi connectivity index (χ2n) is 7.99. The highest BCUT2D eigenvalue weighted by atomic mass is 15.3. The zero-order chi connectivity index (χ0) is 19.2. The van der Waals surface area contributed by atoms with E-state index in [1.807, 2.05) is 0 Å². The zero-order valence-corrected chi connectivity index (χ0v) is 17.5. The third-order valence-corrected chi connectivity index (χ3v) is 6.32. The SMILES string of the molecule is CB1N(C)B(c2c(C)cccc2C)N(C)B(c2c(C)cccc2C)N1C. The van der Waals surface area contributed by atoms with E-state index in [1.54, 1.807) is 0 Å². The number of aryl methyl sites for hydroxylation is 4. The summed E-state index contributed by atoms with van der Waals surface area (Å²) in [7, 11) is 6.76. The van der Waals surface area contributed by atoms with E-state index >= 15 is 0 Å². The van der Waals surface area contributed by atoms with Crippen molar-refractivity contribution in [2.24, 2.45) is 0 Å². The van der Waals surface area contributed by atoms with E-state index in [0.717, 1.165) is 0 Å². The molecule has 0 bridgehead atoms. The molecule has 134 valence electrons. The lowest BCUT2D eigenvalue weighted by Gasteiger charge is -2.51. The average Bonchev–Trinajstić information content (AvgIpc) is 2.58. The summed E-state index contributed by atoms with van der Waals surface area (Å²) in [6.45, 7) is 12.1. The van der Waals surface area contributed by atoms with Crippen molar-refractivity contribution in [2.75, 3.05) is 21.1 Å². The Hall–Kier alpha value is -1.49. The van der Waals surface area contributed by atoms with E-state index in [9.17, 15) is 0 Å². The molecule has 3 rings (SSSR count). The summed E-state index contributed by atoms with van der Waals surface area (Å²) < 4.78 is 7.50. The first kappa shape index (κ1) is 19.3. The first-order valence-electron chi connectivity index (χ1n) is 9.53. The van der Waals surface area contributed by atoms with Crippen LogP contribution >= 0.6 is 0 Å². The molecule has 3 nitrogen and oxygen atoms in total. The highest BCUT2D eigenvalue weighted by Crippen LogP contribution is 2.19. The predicted octanol–water partition coefficient (Wildman–Crippen LogP) is 1.94. The average molecular weight is 345 g/mol. The molecular weight excluding hydrogens is 315 g/mol. The molecule has 1 fully saturated rings. The van der Waals surface area contributed by atoms with Crippen LogP contribution < -0.4 is 10.9 Å². The molecule has 0 spiro atoms. The molecule has 0 aromatic heterocycles. The van der Waals surface area contributed by atoms with Crippen LogP contribution in [0.3, 0.4) is 0 Å². The van der Waals surface area contributed by atoms with Crippen molar-refractivity contribution < 1.29 is 0 Å². The van der Waals surface area contributed by atoms with Gasteiger partial charge in [0, 0.05) is 0 Å². The van der Waals surface area contributed by atoms with Gasteiger partial charge in [0.15, 0.2) is 0 Å². The van der Waals surface area contributed by atoms with Crippen LogP contribution in [0.5, 0.6) is 0 Å². The van der Waals surface area contributed by atoms with Gasteiger partial charge in [-0.15, -0.1) is 0 Å². The van der Waals surface area contributed by atoms with Crippen LogP contribution in [0.15, 0.2) is 36.4 Å². The molecule has 0 aliphatic carbocycles. The molecule has 26 heavy (non-hydrogen) atoms. The van der Waals surface area contributed by atoms with E-state index in [4.69, 9.17) is 0 Å². The van der Waals surface area contributed by atoms with Gasteiger partial charge in [0.2, 0.25) is 0 Å². The van der Waals surface area contributed by atoms with Gasteiger partial charge in [-0.3, -0.25) is 0 Å². The summed E-state index contributed by atoms with van der Waals surface area (Å²) in [5.74, 6) is 0. The maximum Gasteiger partial charge on any atom is 0.326 e. The van der Waals surface area contributed by atoms with E-state index in [1.165, 1.54) is 33.2 Å². The van der Waals surface area contributed by atoms with Crippen LogP contribution in [0.25, 0.3) is 0 Å². The maximum atomic E-state index is 2.53. The van der Waals surface area contributed by atoms with Crippen molar-refractivity contribution in [1.82, 2.24) is 14.2 Å². The van der Waals surface area contributed by atoms with Crippen LogP contribution in [-0.4, -0.2) is 56.3 Å². The number of hydrogen-bond donors (Lipinski definition) is 0. The third kappa shape index (κ3) is 3.04. The van der Waals surface area contributed by atoms with Gasteiger partial charge in [-0.05, 0) is 59.8 Å². The first-order chi connectivity index (χ1) is 12.3. The number of rotatable bonds is 2. The van der Waals surface area contributed by atoms with Gasteiger partial charge in [0.05, 0.1) is 0 Å². The zero-order valence-electron chi connectivity index (χ0n) is 17.5. The Morgan fingerprint density at radius 3 is 1.19 bits per heavy atom. The summed E-state index contributed by atoms with van der Waals surface area (Å²) in [5, 5.41) is 0. The normalized spacial score (nSPS) is 17.3. The van der Waals surface area contributed by atoms with E-state index in [0.29, 0.717) is 6.98 Å². The standard InChI is InChI=1S/C20H30B3N3/c1-15-11-9-12-16(2)19(15)22-24(6)21(5)25(7)23(26(22)8)20-17(3)13-10-14-18(20)4/h9-14H,1-8H3. The smallest absolute Gasteiger partial charge is 0.326 e. The molecule has 2 aromatic carbocycles. The Labute approximate surface area is 160 Å². The van der Waals surface area contributed by atoms with Crippen LogP contribution in [0.2, 0.25) is 6.82 Å². The minimum Gasteiger partial charge on any atom is -0.356 e. The lowest BCUT2D eigenvalue weighted by atomic mass is 9.39. The summed E-state index contributed by atoms with van der Waals surface area (Å²) in [4.78, 5) is 0. The minimum absolute atomic E-state index is 0.256. The van der Waals surface area contributed by atoms with Crippen LogP contribution in [0, 0.1) is 27.7 Å². The van der Waals surface area contributed by atoms with Crippen molar-refractivity contribution in [3.8, 4) is 0 Å². The Morgan fingerprint density at radius 2 is 0.885 bits per heavy atom. The first-order valence-corrected chi connectivity index (χ1v) is 9.53. The van der Waals surface area contributed by atoms with Gasteiger partial charge in [0.1, 0.15) is 0 Å². The molecule has 0 saturated carbocycles. The number of nitrogens with zero attached hydrogens (tertiary/aromatic N) is 3. The fourth-order valence-electron chi connectivity index (χ4n) is 4.69. The number of benzene rings is 2. The molecule has 6 heteroatoms. The molecule has 0 unspecified atom stereocenters. The third-order valence-electron chi connectivity index (χ3n) is 6.32. The molecule has 1 saturated heterocycles. The topological polar surface area (TPSA) is 9.72 Å². The quantitative estimate of drug-likeness (QED) is 0.771. The predicted molar refractivity (Wildman–Crippen MR) is 118 cm³/mol. The molecular formula is C20H30B3N3. The molecule has 2 aromatic rings. The van der Waals surface area contributed by atoms with E-state index in [2.05, 4.69) is 106 Å². The lowest BCUT2D eigenvalue weighted by molar-refractivity contribution is 0.554. The van der Waals surface area contributed by atoms with Gasteiger partial charge >= 0.3 is 14.0 Å². The van der Waals surface area contributed by atoms with Gasteiger partial charge in [-0.1, -0.05) is 65.5 Å². The van der Waals surface area contributed by atoms with Crippen molar-refractivity contribution in [3.63, 3.8) is 0 Å². The summed E-state index contributed by atoms with van der Waals surface area (Å²) in [5.41, 5.74) is 8.34. The Balaban J connectivity index is 2.16. The van der Waals surface area contributed by atoms with Gasteiger partial charge in [0.25, 0.3) is 6.98 Å². The highest BCUT2D eigenvalue weighted by Gasteiger charge is 2.49. The van der Waals surface area contributed by atoms with E-state index < -0.39 is 0 Å². The molecule has 0 N–H and O–H groups in total. The largest absolute Gasteiger partial charge is 0.356 e. The Morgan fingerprint density at radius 1 is 0.577 bits per heavy atom. The van der Waals surface area contributed by atoms with Gasteiger partial charge in [-0.2, -0.15) is 0 Å². The monoisotopic (exact) mass is 345 g/mol. The highest BCUT2D eigenvalue weighted by molar-refractivity contribution is 6.94. The second-order valence-corrected chi connectivity index (χ2v) is 7.99. The van der Waals surface area contributed by atoms with Crippen molar-refractivity contribution in [2.45, 2.75) is 34.5 Å². The molecule has 1 heterocycles. The second kappa shape index (κ2) is 7.26. The Bertz CT molecular complexity index is 705. The van der Waals surface area contributed by atoms with Crippen molar-refractivity contribution >= 4 is 31.9 Å². The van der Waals surface area contributed by atoms with Crippen LogP contribution in [0.4, 0.5) is 0 Å². The lowest BCUT2D eigenvalue weighted by Crippen LogP contribution is -2.80. The molecule has 0 amide bonds. The molecule has 1 aliphatic rings. The van der Waals surface area contributed by atoms with Gasteiger partial charge < -0.3 is 14.2 Å². The van der Waals surface area contributed by atoms with Gasteiger partial charge in [-0.25, -0.2) is 0 Å². The fraction of sp³-hybridized carbons (Fsp3) is 0.400.